The van der Waals surface area contributed by atoms with E-state index in [0.29, 0.717) is 0 Å². The van der Waals surface area contributed by atoms with Crippen LogP contribution in [0.3, 0.4) is 0 Å². The molecule has 0 saturated heterocycles. The molecule has 1 rings (SSSR count). The Morgan fingerprint density at radius 1 is 1.57 bits per heavy atom. The van der Waals surface area contributed by atoms with Gasteiger partial charge in [-0.05, 0) is 19.8 Å². The summed E-state index contributed by atoms with van der Waals surface area (Å²) in [5, 5.41) is 11.6. The number of carboxylic acid groups (broad SMARTS) is 1. The van der Waals surface area contributed by atoms with Crippen LogP contribution < -0.4 is 5.32 Å². The van der Waals surface area contributed by atoms with Crippen LogP contribution >= 0.6 is 0 Å². The molecule has 0 aromatic carbocycles. The second kappa shape index (κ2) is 3.96. The van der Waals surface area contributed by atoms with Crippen molar-refractivity contribution < 1.29 is 19.4 Å². The number of hydrogen-bond donors (Lipinski definition) is 2. The third-order valence-electron chi connectivity index (χ3n) is 2.32. The maximum Gasteiger partial charge on any atom is 0.321 e. The smallest absolute Gasteiger partial charge is 0.321 e. The van der Waals surface area contributed by atoms with Gasteiger partial charge in [-0.2, -0.15) is 0 Å². The molecule has 1 saturated carbocycles. The first-order chi connectivity index (χ1) is 6.50. The average Bonchev–Trinajstić information content (AvgIpc) is 2.88. The van der Waals surface area contributed by atoms with Crippen molar-refractivity contribution in [1.29, 1.82) is 0 Å². The first kappa shape index (κ1) is 11.0. The molecule has 1 fully saturated rings. The van der Waals surface area contributed by atoms with Crippen LogP contribution in [0.15, 0.2) is 0 Å². The lowest BCUT2D eigenvalue weighted by molar-refractivity contribution is -0.158. The molecule has 1 aliphatic rings. The van der Waals surface area contributed by atoms with Gasteiger partial charge < -0.3 is 15.2 Å². The number of carbonyl (C=O) groups excluding carboxylic acids is 1. The summed E-state index contributed by atoms with van der Waals surface area (Å²) >= 11 is 0. The molecule has 14 heavy (non-hydrogen) atoms. The Balaban J connectivity index is 2.63. The van der Waals surface area contributed by atoms with E-state index in [1.54, 1.807) is 0 Å². The standard InChI is InChI=1S/C9H15NO4/c1-9(5-14-2,8(12)13)7(11)10-6-3-4-6/h6H,3-5H2,1-2H3,(H,10,11)(H,12,13). The molecule has 1 amide bonds. The Morgan fingerprint density at radius 2 is 2.14 bits per heavy atom. The lowest BCUT2D eigenvalue weighted by Crippen LogP contribution is -2.48. The molecule has 0 aliphatic heterocycles. The van der Waals surface area contributed by atoms with Gasteiger partial charge in [-0.25, -0.2) is 0 Å². The summed E-state index contributed by atoms with van der Waals surface area (Å²) in [6, 6.07) is 0.165. The van der Waals surface area contributed by atoms with Gasteiger partial charge in [-0.1, -0.05) is 0 Å². The summed E-state index contributed by atoms with van der Waals surface area (Å²) in [5.74, 6) is -1.62. The van der Waals surface area contributed by atoms with Crippen LogP contribution in [0, 0.1) is 5.41 Å². The zero-order chi connectivity index (χ0) is 10.8. The van der Waals surface area contributed by atoms with Crippen LogP contribution in [0.1, 0.15) is 19.8 Å². The molecule has 1 atom stereocenters. The van der Waals surface area contributed by atoms with Crippen molar-refractivity contribution >= 4 is 11.9 Å². The number of carbonyl (C=O) groups is 2. The number of aliphatic carboxylic acids is 1. The number of rotatable bonds is 5. The van der Waals surface area contributed by atoms with Gasteiger partial charge >= 0.3 is 5.97 Å². The molecule has 5 heteroatoms. The fraction of sp³-hybridized carbons (Fsp3) is 0.778. The van der Waals surface area contributed by atoms with E-state index in [-0.39, 0.29) is 12.6 Å². The summed E-state index contributed by atoms with van der Waals surface area (Å²) in [4.78, 5) is 22.5. The van der Waals surface area contributed by atoms with E-state index in [9.17, 15) is 9.59 Å². The van der Waals surface area contributed by atoms with E-state index >= 15 is 0 Å². The molecule has 1 unspecified atom stereocenters. The van der Waals surface area contributed by atoms with Crippen LogP contribution in [0.2, 0.25) is 0 Å². The Morgan fingerprint density at radius 3 is 2.50 bits per heavy atom. The highest BCUT2D eigenvalue weighted by atomic mass is 16.5. The molecule has 0 radical (unpaired) electrons. The maximum absolute atomic E-state index is 11.6. The number of amides is 1. The number of methoxy groups -OCH3 is 1. The summed E-state index contributed by atoms with van der Waals surface area (Å²) in [7, 11) is 1.38. The van der Waals surface area contributed by atoms with Gasteiger partial charge in [0.05, 0.1) is 6.61 Å². The SMILES string of the molecule is COCC(C)(C(=O)O)C(=O)NC1CC1. The maximum atomic E-state index is 11.6. The van der Waals surface area contributed by atoms with Crippen LogP contribution in [-0.2, 0) is 14.3 Å². The van der Waals surface area contributed by atoms with Crippen molar-refractivity contribution in [2.24, 2.45) is 5.41 Å². The fourth-order valence-electron chi connectivity index (χ4n) is 1.09. The monoisotopic (exact) mass is 201 g/mol. The summed E-state index contributed by atoms with van der Waals surface area (Å²) in [6.07, 6.45) is 1.88. The molecule has 0 aromatic rings. The zero-order valence-electron chi connectivity index (χ0n) is 8.37. The quantitative estimate of drug-likeness (QED) is 0.614. The van der Waals surface area contributed by atoms with Crippen LogP contribution in [0.25, 0.3) is 0 Å². The lowest BCUT2D eigenvalue weighted by Gasteiger charge is -2.22. The van der Waals surface area contributed by atoms with Gasteiger partial charge in [0.1, 0.15) is 0 Å². The molecule has 2 N–H and O–H groups in total. The zero-order valence-corrected chi connectivity index (χ0v) is 8.37. The van der Waals surface area contributed by atoms with E-state index in [2.05, 4.69) is 5.32 Å². The summed E-state index contributed by atoms with van der Waals surface area (Å²) < 4.78 is 4.75. The van der Waals surface area contributed by atoms with E-state index in [0.717, 1.165) is 12.8 Å². The van der Waals surface area contributed by atoms with E-state index in [1.165, 1.54) is 14.0 Å². The van der Waals surface area contributed by atoms with Gasteiger partial charge in [0, 0.05) is 13.2 Å². The van der Waals surface area contributed by atoms with Crippen molar-refractivity contribution in [2.75, 3.05) is 13.7 Å². The molecule has 0 heterocycles. The van der Waals surface area contributed by atoms with Gasteiger partial charge in [0.2, 0.25) is 5.91 Å². The second-order valence-electron chi connectivity index (χ2n) is 3.82. The first-order valence-corrected chi connectivity index (χ1v) is 4.54. The lowest BCUT2D eigenvalue weighted by atomic mass is 9.91. The van der Waals surface area contributed by atoms with Crippen molar-refractivity contribution in [2.45, 2.75) is 25.8 Å². The largest absolute Gasteiger partial charge is 0.480 e. The molecule has 80 valence electrons. The van der Waals surface area contributed by atoms with Gasteiger partial charge in [0.25, 0.3) is 0 Å². The van der Waals surface area contributed by atoms with Crippen molar-refractivity contribution in [3.05, 3.63) is 0 Å². The fourth-order valence-corrected chi connectivity index (χ4v) is 1.09. The van der Waals surface area contributed by atoms with Gasteiger partial charge in [-0.3, -0.25) is 9.59 Å². The number of carboxylic acids is 1. The Labute approximate surface area is 82.4 Å². The van der Waals surface area contributed by atoms with Crippen molar-refractivity contribution in [1.82, 2.24) is 5.32 Å². The number of ether oxygens (including phenoxy) is 1. The van der Waals surface area contributed by atoms with Gasteiger partial charge in [-0.15, -0.1) is 0 Å². The summed E-state index contributed by atoms with van der Waals surface area (Å²) in [5.41, 5.74) is -1.47. The van der Waals surface area contributed by atoms with Gasteiger partial charge in [0.15, 0.2) is 5.41 Å². The topological polar surface area (TPSA) is 75.6 Å². The number of nitrogens with one attached hydrogen (secondary N) is 1. The van der Waals surface area contributed by atoms with Crippen LogP contribution in [0.5, 0.6) is 0 Å². The summed E-state index contributed by atoms with van der Waals surface area (Å²) in [6.45, 7) is 1.26. The van der Waals surface area contributed by atoms with E-state index in [1.807, 2.05) is 0 Å². The first-order valence-electron chi connectivity index (χ1n) is 4.54. The predicted molar refractivity (Wildman–Crippen MR) is 48.8 cm³/mol. The van der Waals surface area contributed by atoms with Crippen LogP contribution in [0.4, 0.5) is 0 Å². The predicted octanol–water partition coefficient (Wildman–Crippen LogP) is 0.00230. The number of hydrogen-bond acceptors (Lipinski definition) is 3. The Hall–Kier alpha value is -1.10. The highest BCUT2D eigenvalue weighted by molar-refractivity contribution is 6.01. The molecule has 0 spiro atoms. The van der Waals surface area contributed by atoms with E-state index in [4.69, 9.17) is 9.84 Å². The Bertz CT molecular complexity index is 249. The average molecular weight is 201 g/mol. The third-order valence-corrected chi connectivity index (χ3v) is 2.32. The third kappa shape index (κ3) is 2.23. The highest BCUT2D eigenvalue weighted by Crippen LogP contribution is 2.23. The molecule has 1 aliphatic carbocycles. The van der Waals surface area contributed by atoms with E-state index < -0.39 is 17.3 Å². The molecule has 5 nitrogen and oxygen atoms in total. The minimum atomic E-state index is -1.47. The molecule has 0 aromatic heterocycles. The Kier molecular flexibility index (Phi) is 3.10. The molecular weight excluding hydrogens is 186 g/mol. The molecular formula is C9H15NO4. The second-order valence-corrected chi connectivity index (χ2v) is 3.82. The minimum Gasteiger partial charge on any atom is -0.480 e. The van der Waals surface area contributed by atoms with Crippen molar-refractivity contribution in [3.8, 4) is 0 Å². The van der Waals surface area contributed by atoms with Crippen molar-refractivity contribution in [3.63, 3.8) is 0 Å². The molecule has 0 bridgehead atoms. The van der Waals surface area contributed by atoms with Crippen LogP contribution in [-0.4, -0.2) is 36.7 Å². The minimum absolute atomic E-state index is 0.110. The highest BCUT2D eigenvalue weighted by Gasteiger charge is 2.43. The normalized spacial score (nSPS) is 19.9.